The van der Waals surface area contributed by atoms with Crippen LogP contribution in [-0.4, -0.2) is 22.9 Å². The normalized spacial score (nSPS) is 11.0. The molecule has 1 aromatic carbocycles. The highest BCUT2D eigenvalue weighted by Gasteiger charge is 2.00. The zero-order chi connectivity index (χ0) is 12.3. The van der Waals surface area contributed by atoms with Gasteiger partial charge in [0.05, 0.1) is 25.3 Å². The van der Waals surface area contributed by atoms with Gasteiger partial charge >= 0.3 is 0 Å². The molecule has 0 radical (unpaired) electrons. The van der Waals surface area contributed by atoms with Crippen molar-refractivity contribution >= 4 is 11.9 Å². The molecule has 4 nitrogen and oxygen atoms in total. The molecule has 0 amide bonds. The highest BCUT2D eigenvalue weighted by Crippen LogP contribution is 2.27. The highest BCUT2D eigenvalue weighted by molar-refractivity contribution is 5.80. The Balaban J connectivity index is 2.26. The number of rotatable bonds is 3. The van der Waals surface area contributed by atoms with E-state index in [0.29, 0.717) is 0 Å². The van der Waals surface area contributed by atoms with Gasteiger partial charge in [-0.25, -0.2) is 4.98 Å². The number of aliphatic imine (C=N–C) groups is 1. The maximum absolute atomic E-state index is 5.28. The van der Waals surface area contributed by atoms with E-state index in [9.17, 15) is 0 Å². The molecule has 4 heteroatoms. The number of ether oxygens (including phenoxy) is 1. The zero-order valence-electron chi connectivity index (χ0n) is 10.2. The van der Waals surface area contributed by atoms with Gasteiger partial charge in [0.25, 0.3) is 0 Å². The van der Waals surface area contributed by atoms with Gasteiger partial charge < -0.3 is 9.30 Å². The molecule has 0 bridgehead atoms. The number of hydrogen-bond donors (Lipinski definition) is 0. The number of aryl methyl sites for hydroxylation is 2. The highest BCUT2D eigenvalue weighted by atomic mass is 16.5. The van der Waals surface area contributed by atoms with Gasteiger partial charge in [-0.15, -0.1) is 0 Å². The van der Waals surface area contributed by atoms with Crippen molar-refractivity contribution < 1.29 is 4.74 Å². The standard InChI is InChI=1S/C13H15N3O/c1-10-4-5-12(13(6-10)17-3)14-7-11-8-16(2)9-15-11/h4-9H,1-3H3/b14-7+. The summed E-state index contributed by atoms with van der Waals surface area (Å²) in [5.41, 5.74) is 2.79. The van der Waals surface area contributed by atoms with Gasteiger partial charge in [-0.05, 0) is 24.6 Å². The predicted octanol–water partition coefficient (Wildman–Crippen LogP) is 2.49. The zero-order valence-corrected chi connectivity index (χ0v) is 10.2. The number of nitrogens with zero attached hydrogens (tertiary/aromatic N) is 3. The lowest BCUT2D eigenvalue weighted by atomic mass is 10.2. The van der Waals surface area contributed by atoms with Crippen molar-refractivity contribution in [1.29, 1.82) is 0 Å². The van der Waals surface area contributed by atoms with Gasteiger partial charge in [0.1, 0.15) is 11.4 Å². The molecule has 0 N–H and O–H groups in total. The van der Waals surface area contributed by atoms with Crippen molar-refractivity contribution in [1.82, 2.24) is 9.55 Å². The summed E-state index contributed by atoms with van der Waals surface area (Å²) >= 11 is 0. The molecule has 0 aliphatic carbocycles. The summed E-state index contributed by atoms with van der Waals surface area (Å²) in [7, 11) is 3.57. The van der Waals surface area contributed by atoms with Crippen molar-refractivity contribution in [3.63, 3.8) is 0 Å². The molecule has 0 saturated carbocycles. The van der Waals surface area contributed by atoms with Gasteiger partial charge in [-0.1, -0.05) is 6.07 Å². The van der Waals surface area contributed by atoms with E-state index < -0.39 is 0 Å². The number of benzene rings is 1. The molecule has 0 aliphatic heterocycles. The number of imidazole rings is 1. The average molecular weight is 229 g/mol. The maximum atomic E-state index is 5.28. The monoisotopic (exact) mass is 229 g/mol. The minimum absolute atomic E-state index is 0.775. The summed E-state index contributed by atoms with van der Waals surface area (Å²) in [6, 6.07) is 5.91. The summed E-state index contributed by atoms with van der Waals surface area (Å²) in [6.07, 6.45) is 5.38. The van der Waals surface area contributed by atoms with Crippen LogP contribution in [0.1, 0.15) is 11.3 Å². The van der Waals surface area contributed by atoms with E-state index >= 15 is 0 Å². The summed E-state index contributed by atoms with van der Waals surface area (Å²) in [6.45, 7) is 2.02. The maximum Gasteiger partial charge on any atom is 0.144 e. The first-order valence-electron chi connectivity index (χ1n) is 5.35. The fraction of sp³-hybridized carbons (Fsp3) is 0.231. The number of methoxy groups -OCH3 is 1. The SMILES string of the molecule is COc1cc(C)ccc1/N=C/c1cn(C)cn1. The molecule has 2 rings (SSSR count). The van der Waals surface area contributed by atoms with Crippen LogP contribution >= 0.6 is 0 Å². The van der Waals surface area contributed by atoms with Crippen molar-refractivity contribution in [3.05, 3.63) is 42.0 Å². The molecule has 1 aromatic heterocycles. The van der Waals surface area contributed by atoms with E-state index in [0.717, 1.165) is 22.7 Å². The fourth-order valence-electron chi connectivity index (χ4n) is 1.53. The first-order valence-corrected chi connectivity index (χ1v) is 5.35. The Morgan fingerprint density at radius 3 is 2.88 bits per heavy atom. The number of hydrogen-bond acceptors (Lipinski definition) is 3. The summed E-state index contributed by atoms with van der Waals surface area (Å²) in [5.74, 6) is 0.775. The average Bonchev–Trinajstić information content (AvgIpc) is 2.73. The van der Waals surface area contributed by atoms with Gasteiger partial charge in [0, 0.05) is 13.2 Å². The van der Waals surface area contributed by atoms with E-state index in [1.165, 1.54) is 0 Å². The Morgan fingerprint density at radius 2 is 2.24 bits per heavy atom. The van der Waals surface area contributed by atoms with E-state index in [1.54, 1.807) is 19.7 Å². The second-order valence-electron chi connectivity index (χ2n) is 3.90. The first kappa shape index (κ1) is 11.4. The lowest BCUT2D eigenvalue weighted by Gasteiger charge is -2.04. The second kappa shape index (κ2) is 4.82. The smallest absolute Gasteiger partial charge is 0.144 e. The topological polar surface area (TPSA) is 39.4 Å². The Bertz CT molecular complexity index is 543. The Kier molecular flexibility index (Phi) is 3.23. The minimum atomic E-state index is 0.775. The Hall–Kier alpha value is -2.10. The molecule has 0 aliphatic rings. The molecule has 1 heterocycles. The third-order valence-corrected chi connectivity index (χ3v) is 2.40. The van der Waals surface area contributed by atoms with E-state index in [2.05, 4.69) is 9.98 Å². The van der Waals surface area contributed by atoms with Crippen molar-refractivity contribution in [2.24, 2.45) is 12.0 Å². The van der Waals surface area contributed by atoms with Crippen LogP contribution in [0, 0.1) is 6.92 Å². The van der Waals surface area contributed by atoms with Crippen LogP contribution in [0.15, 0.2) is 35.7 Å². The third kappa shape index (κ3) is 2.72. The lowest BCUT2D eigenvalue weighted by molar-refractivity contribution is 0.416. The van der Waals surface area contributed by atoms with Gasteiger partial charge in [0.2, 0.25) is 0 Å². The van der Waals surface area contributed by atoms with Crippen LogP contribution < -0.4 is 4.74 Å². The molecule has 0 fully saturated rings. The van der Waals surface area contributed by atoms with Gasteiger partial charge in [-0.2, -0.15) is 0 Å². The first-order chi connectivity index (χ1) is 8.19. The minimum Gasteiger partial charge on any atom is -0.494 e. The molecule has 0 atom stereocenters. The summed E-state index contributed by atoms with van der Waals surface area (Å²) in [4.78, 5) is 8.55. The molecule has 0 spiro atoms. The van der Waals surface area contributed by atoms with Crippen molar-refractivity contribution in [2.75, 3.05) is 7.11 Å². The predicted molar refractivity (Wildman–Crippen MR) is 68.2 cm³/mol. The third-order valence-electron chi connectivity index (χ3n) is 2.40. The molecule has 0 saturated heterocycles. The molecule has 17 heavy (non-hydrogen) atoms. The van der Waals surface area contributed by atoms with Crippen molar-refractivity contribution in [2.45, 2.75) is 6.92 Å². The largest absolute Gasteiger partial charge is 0.494 e. The van der Waals surface area contributed by atoms with Crippen LogP contribution in [-0.2, 0) is 7.05 Å². The van der Waals surface area contributed by atoms with Crippen LogP contribution in [0.25, 0.3) is 0 Å². The van der Waals surface area contributed by atoms with Gasteiger partial charge in [0.15, 0.2) is 0 Å². The molecule has 2 aromatic rings. The molecular formula is C13H15N3O. The molecule has 88 valence electrons. The van der Waals surface area contributed by atoms with Crippen molar-refractivity contribution in [3.8, 4) is 5.75 Å². The molecular weight excluding hydrogens is 214 g/mol. The Labute approximate surface area is 101 Å². The van der Waals surface area contributed by atoms with E-state index in [1.807, 2.05) is 42.9 Å². The summed E-state index contributed by atoms with van der Waals surface area (Å²) in [5, 5.41) is 0. The molecule has 0 unspecified atom stereocenters. The van der Waals surface area contributed by atoms with Crippen LogP contribution in [0.2, 0.25) is 0 Å². The van der Waals surface area contributed by atoms with E-state index in [4.69, 9.17) is 4.74 Å². The Morgan fingerprint density at radius 1 is 1.41 bits per heavy atom. The van der Waals surface area contributed by atoms with Gasteiger partial charge in [-0.3, -0.25) is 4.99 Å². The lowest BCUT2D eigenvalue weighted by Crippen LogP contribution is -1.86. The van der Waals surface area contributed by atoms with Crippen LogP contribution in [0.3, 0.4) is 0 Å². The quantitative estimate of drug-likeness (QED) is 0.758. The second-order valence-corrected chi connectivity index (χ2v) is 3.90. The van der Waals surface area contributed by atoms with Crippen LogP contribution in [0.4, 0.5) is 5.69 Å². The number of aromatic nitrogens is 2. The fourth-order valence-corrected chi connectivity index (χ4v) is 1.53. The summed E-state index contributed by atoms with van der Waals surface area (Å²) < 4.78 is 7.16. The van der Waals surface area contributed by atoms with Crippen LogP contribution in [0.5, 0.6) is 5.75 Å². The van der Waals surface area contributed by atoms with E-state index in [-0.39, 0.29) is 0 Å².